The third-order valence-electron chi connectivity index (χ3n) is 2.75. The summed E-state index contributed by atoms with van der Waals surface area (Å²) in [6, 6.07) is 6.71. The van der Waals surface area contributed by atoms with Crippen LogP contribution in [0.2, 0.25) is 0 Å². The minimum Gasteiger partial charge on any atom is -0.506 e. The van der Waals surface area contributed by atoms with Crippen molar-refractivity contribution in [3.05, 3.63) is 40.8 Å². The normalized spacial score (nSPS) is 11.3. The van der Waals surface area contributed by atoms with Gasteiger partial charge in [-0.3, -0.25) is 4.79 Å². The molecule has 0 aliphatic rings. The van der Waals surface area contributed by atoms with Gasteiger partial charge < -0.3 is 14.8 Å². The van der Waals surface area contributed by atoms with Crippen LogP contribution in [-0.2, 0) is 9.84 Å². The first-order valence-electron chi connectivity index (χ1n) is 5.96. The highest BCUT2D eigenvalue weighted by molar-refractivity contribution is 9.10. The summed E-state index contributed by atoms with van der Waals surface area (Å²) in [7, 11) is -3.43. The van der Waals surface area contributed by atoms with Crippen LogP contribution in [0.5, 0.6) is 5.75 Å². The summed E-state index contributed by atoms with van der Waals surface area (Å²) in [5.41, 5.74) is 0.00190. The average molecular weight is 374 g/mol. The number of nitrogens with one attached hydrogen (secondary N) is 1. The van der Waals surface area contributed by atoms with Gasteiger partial charge in [-0.2, -0.15) is 0 Å². The molecule has 0 saturated heterocycles. The van der Waals surface area contributed by atoms with Gasteiger partial charge in [-0.1, -0.05) is 6.92 Å². The van der Waals surface area contributed by atoms with Crippen molar-refractivity contribution in [3.8, 4) is 5.75 Å². The van der Waals surface area contributed by atoms with Crippen molar-refractivity contribution in [1.82, 2.24) is 0 Å². The minimum absolute atomic E-state index is 0.00190. The predicted molar refractivity (Wildman–Crippen MR) is 80.2 cm³/mol. The quantitative estimate of drug-likeness (QED) is 0.803. The van der Waals surface area contributed by atoms with E-state index in [1.165, 1.54) is 31.2 Å². The van der Waals surface area contributed by atoms with Gasteiger partial charge in [-0.15, -0.1) is 0 Å². The van der Waals surface area contributed by atoms with E-state index in [9.17, 15) is 18.3 Å². The van der Waals surface area contributed by atoms with Crippen molar-refractivity contribution >= 4 is 37.4 Å². The smallest absolute Gasteiger partial charge is 0.291 e. The second kappa shape index (κ2) is 5.90. The number of amides is 1. The Morgan fingerprint density at radius 1 is 1.33 bits per heavy atom. The third-order valence-corrected chi connectivity index (χ3v) is 4.91. The van der Waals surface area contributed by atoms with Crippen LogP contribution >= 0.6 is 15.9 Å². The maximum atomic E-state index is 11.9. The number of sulfone groups is 1. The van der Waals surface area contributed by atoms with Crippen molar-refractivity contribution in [2.45, 2.75) is 11.8 Å². The summed E-state index contributed by atoms with van der Waals surface area (Å²) < 4.78 is 29.1. The summed E-state index contributed by atoms with van der Waals surface area (Å²) in [4.78, 5) is 12.0. The van der Waals surface area contributed by atoms with Gasteiger partial charge in [-0.05, 0) is 46.3 Å². The van der Waals surface area contributed by atoms with E-state index in [1.54, 1.807) is 6.07 Å². The number of halogens is 1. The number of furan rings is 1. The van der Waals surface area contributed by atoms with Crippen LogP contribution in [-0.4, -0.2) is 25.2 Å². The molecule has 0 aliphatic heterocycles. The number of hydrogen-bond acceptors (Lipinski definition) is 5. The molecule has 0 unspecified atom stereocenters. The van der Waals surface area contributed by atoms with Crippen LogP contribution in [0.15, 0.2) is 44.3 Å². The number of rotatable bonds is 4. The first kappa shape index (κ1) is 15.6. The summed E-state index contributed by atoms with van der Waals surface area (Å²) >= 11 is 3.07. The SMILES string of the molecule is CCS(=O)(=O)c1ccc(O)c(NC(=O)c2ccc(Br)o2)c1. The monoisotopic (exact) mass is 373 g/mol. The highest BCUT2D eigenvalue weighted by Crippen LogP contribution is 2.27. The number of anilines is 1. The van der Waals surface area contributed by atoms with Gasteiger partial charge in [0.05, 0.1) is 16.3 Å². The minimum atomic E-state index is -3.43. The molecule has 0 aliphatic carbocycles. The molecule has 1 heterocycles. The lowest BCUT2D eigenvalue weighted by Gasteiger charge is -2.08. The van der Waals surface area contributed by atoms with E-state index in [4.69, 9.17) is 4.42 Å². The zero-order valence-electron chi connectivity index (χ0n) is 11.0. The molecule has 1 aromatic carbocycles. The molecule has 21 heavy (non-hydrogen) atoms. The fourth-order valence-electron chi connectivity index (χ4n) is 1.60. The van der Waals surface area contributed by atoms with E-state index in [2.05, 4.69) is 21.2 Å². The molecular formula is C13H12BrNO5S. The molecule has 0 spiro atoms. The standard InChI is InChI=1S/C13H12BrNO5S/c1-2-21(18,19)8-3-4-10(16)9(7-8)15-13(17)11-5-6-12(14)20-11/h3-7,16H,2H2,1H3,(H,15,17). The van der Waals surface area contributed by atoms with E-state index in [1.807, 2.05) is 0 Å². The molecule has 0 radical (unpaired) electrons. The average Bonchev–Trinajstić information content (AvgIpc) is 2.87. The molecule has 2 rings (SSSR count). The summed E-state index contributed by atoms with van der Waals surface area (Å²) in [6.07, 6.45) is 0. The maximum Gasteiger partial charge on any atom is 0.291 e. The molecule has 1 amide bonds. The Hall–Kier alpha value is -1.80. The second-order valence-electron chi connectivity index (χ2n) is 4.14. The largest absolute Gasteiger partial charge is 0.506 e. The van der Waals surface area contributed by atoms with E-state index in [0.29, 0.717) is 4.67 Å². The topological polar surface area (TPSA) is 96.6 Å². The van der Waals surface area contributed by atoms with E-state index in [-0.39, 0.29) is 27.8 Å². The molecule has 6 nitrogen and oxygen atoms in total. The van der Waals surface area contributed by atoms with Gasteiger partial charge in [0.25, 0.3) is 5.91 Å². The van der Waals surface area contributed by atoms with Crippen molar-refractivity contribution in [1.29, 1.82) is 0 Å². The molecule has 0 saturated carbocycles. The van der Waals surface area contributed by atoms with Crippen molar-refractivity contribution in [2.75, 3.05) is 11.1 Å². The molecule has 0 fully saturated rings. The number of phenols is 1. The molecule has 2 aromatic rings. The van der Waals surface area contributed by atoms with Crippen LogP contribution in [0.3, 0.4) is 0 Å². The molecule has 112 valence electrons. The van der Waals surface area contributed by atoms with Crippen LogP contribution < -0.4 is 5.32 Å². The lowest BCUT2D eigenvalue weighted by Crippen LogP contribution is -2.12. The van der Waals surface area contributed by atoms with Crippen LogP contribution in [0.1, 0.15) is 17.5 Å². The molecule has 8 heteroatoms. The highest BCUT2D eigenvalue weighted by atomic mass is 79.9. The second-order valence-corrected chi connectivity index (χ2v) is 7.20. The predicted octanol–water partition coefficient (Wildman–Crippen LogP) is 2.79. The molecular weight excluding hydrogens is 362 g/mol. The zero-order chi connectivity index (χ0) is 15.6. The molecule has 0 atom stereocenters. The fourth-order valence-corrected chi connectivity index (χ4v) is 2.81. The van der Waals surface area contributed by atoms with E-state index >= 15 is 0 Å². The zero-order valence-corrected chi connectivity index (χ0v) is 13.4. The molecule has 2 N–H and O–H groups in total. The Morgan fingerprint density at radius 3 is 2.62 bits per heavy atom. The van der Waals surface area contributed by atoms with Crippen molar-refractivity contribution < 1.29 is 22.7 Å². The number of benzene rings is 1. The maximum absolute atomic E-state index is 11.9. The van der Waals surface area contributed by atoms with Gasteiger partial charge in [-0.25, -0.2) is 8.42 Å². The Morgan fingerprint density at radius 2 is 2.05 bits per heavy atom. The van der Waals surface area contributed by atoms with Crippen LogP contribution in [0, 0.1) is 0 Å². The summed E-state index contributed by atoms with van der Waals surface area (Å²) in [5.74, 6) is -0.868. The van der Waals surface area contributed by atoms with Crippen LogP contribution in [0.4, 0.5) is 5.69 Å². The molecule has 1 aromatic heterocycles. The van der Waals surface area contributed by atoms with E-state index in [0.717, 1.165) is 0 Å². The van der Waals surface area contributed by atoms with Crippen LogP contribution in [0.25, 0.3) is 0 Å². The summed E-state index contributed by atoms with van der Waals surface area (Å²) in [5, 5.41) is 12.1. The fraction of sp³-hybridized carbons (Fsp3) is 0.154. The number of aromatic hydroxyl groups is 1. The number of carbonyl (C=O) groups excluding carboxylic acids is 1. The Balaban J connectivity index is 2.32. The highest BCUT2D eigenvalue weighted by Gasteiger charge is 2.17. The number of carbonyl (C=O) groups is 1. The number of phenolic OH excluding ortho intramolecular Hbond substituents is 1. The Bertz CT molecular complexity index is 782. The summed E-state index contributed by atoms with van der Waals surface area (Å²) in [6.45, 7) is 1.51. The van der Waals surface area contributed by atoms with Gasteiger partial charge in [0.1, 0.15) is 5.75 Å². The van der Waals surface area contributed by atoms with Gasteiger partial charge in [0.15, 0.2) is 20.3 Å². The third kappa shape index (κ3) is 3.45. The van der Waals surface area contributed by atoms with Gasteiger partial charge in [0, 0.05) is 0 Å². The van der Waals surface area contributed by atoms with E-state index < -0.39 is 15.7 Å². The van der Waals surface area contributed by atoms with Gasteiger partial charge in [0.2, 0.25) is 0 Å². The lowest BCUT2D eigenvalue weighted by molar-refractivity contribution is 0.0995. The first-order chi connectivity index (χ1) is 9.83. The Kier molecular flexibility index (Phi) is 4.38. The first-order valence-corrected chi connectivity index (χ1v) is 8.40. The Labute approximate surface area is 129 Å². The van der Waals surface area contributed by atoms with Gasteiger partial charge >= 0.3 is 0 Å². The lowest BCUT2D eigenvalue weighted by atomic mass is 10.3. The molecule has 0 bridgehead atoms. The number of hydrogen-bond donors (Lipinski definition) is 2. The van der Waals surface area contributed by atoms with Crippen molar-refractivity contribution in [2.24, 2.45) is 0 Å². The van der Waals surface area contributed by atoms with Crippen molar-refractivity contribution in [3.63, 3.8) is 0 Å².